The van der Waals surface area contributed by atoms with E-state index in [1.54, 1.807) is 13.0 Å². The van der Waals surface area contributed by atoms with Crippen LogP contribution in [0.1, 0.15) is 55.2 Å². The van der Waals surface area contributed by atoms with E-state index in [4.69, 9.17) is 4.74 Å². The second-order valence-electron chi connectivity index (χ2n) is 9.77. The predicted molar refractivity (Wildman–Crippen MR) is 121 cm³/mol. The molecule has 7 nitrogen and oxygen atoms in total. The number of benzene rings is 1. The smallest absolute Gasteiger partial charge is 0.240 e. The molecule has 0 spiro atoms. The van der Waals surface area contributed by atoms with Crippen molar-refractivity contribution in [1.29, 1.82) is 0 Å². The number of fused-ring (bicyclic) bond motifs is 3. The Bertz CT molecular complexity index is 1100. The molecule has 1 aromatic carbocycles. The number of morpholine rings is 1. The van der Waals surface area contributed by atoms with Crippen LogP contribution in [-0.4, -0.2) is 63.0 Å². The van der Waals surface area contributed by atoms with Crippen LogP contribution in [-0.2, 0) is 21.2 Å². The van der Waals surface area contributed by atoms with Gasteiger partial charge < -0.3 is 9.72 Å². The SMILES string of the molecule is Cc1cc2c3c([nH]c2cc1S(=O)(=O)NCCC(C)N1CCOCC1)CC(C)(C)CC3=O. The van der Waals surface area contributed by atoms with Crippen molar-refractivity contribution in [1.82, 2.24) is 14.6 Å². The molecule has 0 radical (unpaired) electrons. The van der Waals surface area contributed by atoms with Crippen LogP contribution < -0.4 is 4.72 Å². The van der Waals surface area contributed by atoms with E-state index in [-0.39, 0.29) is 16.1 Å². The number of carbonyl (C=O) groups excluding carboxylic acids is 1. The van der Waals surface area contributed by atoms with E-state index in [0.717, 1.165) is 55.8 Å². The number of hydrogen-bond acceptors (Lipinski definition) is 5. The van der Waals surface area contributed by atoms with E-state index >= 15 is 0 Å². The van der Waals surface area contributed by atoms with Crippen LogP contribution in [0.5, 0.6) is 0 Å². The maximum Gasteiger partial charge on any atom is 0.240 e. The molecule has 0 bridgehead atoms. The summed E-state index contributed by atoms with van der Waals surface area (Å²) in [5.74, 6) is 0.128. The van der Waals surface area contributed by atoms with Gasteiger partial charge in [0.15, 0.2) is 5.78 Å². The average Bonchev–Trinajstić information content (AvgIpc) is 3.03. The van der Waals surface area contributed by atoms with Crippen LogP contribution in [0, 0.1) is 12.3 Å². The molecule has 31 heavy (non-hydrogen) atoms. The molecule has 1 fully saturated rings. The highest BCUT2D eigenvalue weighted by Gasteiger charge is 2.34. The number of nitrogens with zero attached hydrogens (tertiary/aromatic N) is 1. The normalized spacial score (nSPS) is 20.7. The van der Waals surface area contributed by atoms with E-state index in [0.29, 0.717) is 30.1 Å². The van der Waals surface area contributed by atoms with Crippen molar-refractivity contribution >= 4 is 26.7 Å². The van der Waals surface area contributed by atoms with Gasteiger partial charge in [-0.15, -0.1) is 0 Å². The van der Waals surface area contributed by atoms with E-state index in [1.165, 1.54) is 0 Å². The lowest BCUT2D eigenvalue weighted by Gasteiger charge is -2.32. The molecule has 1 aliphatic carbocycles. The highest BCUT2D eigenvalue weighted by atomic mass is 32.2. The summed E-state index contributed by atoms with van der Waals surface area (Å²) in [6, 6.07) is 3.81. The van der Waals surface area contributed by atoms with Crippen LogP contribution in [0.4, 0.5) is 0 Å². The fourth-order valence-corrected chi connectivity index (χ4v) is 6.17. The van der Waals surface area contributed by atoms with Gasteiger partial charge in [0.25, 0.3) is 0 Å². The third kappa shape index (κ3) is 4.58. The molecule has 1 atom stereocenters. The zero-order valence-corrected chi connectivity index (χ0v) is 19.7. The van der Waals surface area contributed by atoms with Gasteiger partial charge in [-0.05, 0) is 49.8 Å². The van der Waals surface area contributed by atoms with Crippen LogP contribution in [0.15, 0.2) is 17.0 Å². The first-order chi connectivity index (χ1) is 14.6. The molecule has 4 rings (SSSR count). The van der Waals surface area contributed by atoms with Gasteiger partial charge >= 0.3 is 0 Å². The van der Waals surface area contributed by atoms with Crippen LogP contribution >= 0.6 is 0 Å². The van der Waals surface area contributed by atoms with Crippen molar-refractivity contribution in [2.24, 2.45) is 5.41 Å². The van der Waals surface area contributed by atoms with Gasteiger partial charge in [0.2, 0.25) is 10.0 Å². The lowest BCUT2D eigenvalue weighted by atomic mass is 9.76. The second-order valence-corrected chi connectivity index (χ2v) is 11.5. The van der Waals surface area contributed by atoms with Crippen molar-refractivity contribution in [3.8, 4) is 0 Å². The number of Topliss-reactive ketones (excluding diaryl/α,β-unsaturated/α-hetero) is 1. The molecular formula is C23H33N3O4S. The van der Waals surface area contributed by atoms with Crippen molar-refractivity contribution in [3.05, 3.63) is 29.0 Å². The largest absolute Gasteiger partial charge is 0.379 e. The maximum atomic E-state index is 13.0. The fraction of sp³-hybridized carbons (Fsp3) is 0.609. The Morgan fingerprint density at radius 2 is 1.94 bits per heavy atom. The summed E-state index contributed by atoms with van der Waals surface area (Å²) in [4.78, 5) is 18.7. The monoisotopic (exact) mass is 447 g/mol. The summed E-state index contributed by atoms with van der Waals surface area (Å²) >= 11 is 0. The minimum Gasteiger partial charge on any atom is -0.379 e. The van der Waals surface area contributed by atoms with Gasteiger partial charge in [-0.1, -0.05) is 13.8 Å². The Morgan fingerprint density at radius 3 is 2.65 bits per heavy atom. The Labute approximate surface area is 184 Å². The molecule has 1 unspecified atom stereocenters. The molecule has 8 heteroatoms. The molecule has 2 N–H and O–H groups in total. The van der Waals surface area contributed by atoms with Crippen molar-refractivity contribution < 1.29 is 17.9 Å². The third-order valence-electron chi connectivity index (χ3n) is 6.56. The second kappa shape index (κ2) is 8.31. The van der Waals surface area contributed by atoms with Gasteiger partial charge in [0.05, 0.1) is 18.1 Å². The molecule has 1 aromatic heterocycles. The molecule has 2 aliphatic rings. The number of ether oxygens (including phenoxy) is 1. The maximum absolute atomic E-state index is 13.0. The molecule has 1 saturated heterocycles. The zero-order valence-electron chi connectivity index (χ0n) is 18.9. The standard InChI is InChI=1S/C23H33N3O4S/c1-15-11-17-18(25-19-13-23(3,4)14-20(27)22(17)19)12-21(15)31(28,29)24-6-5-16(2)26-7-9-30-10-8-26/h11-12,16,24-25H,5-10,13-14H2,1-4H3. The number of ketones is 1. The van der Waals surface area contributed by atoms with Crippen molar-refractivity contribution in [2.75, 3.05) is 32.8 Å². The van der Waals surface area contributed by atoms with Crippen molar-refractivity contribution in [3.63, 3.8) is 0 Å². The van der Waals surface area contributed by atoms with Gasteiger partial charge in [0, 0.05) is 54.3 Å². The quantitative estimate of drug-likeness (QED) is 0.710. The summed E-state index contributed by atoms with van der Waals surface area (Å²) in [6.45, 7) is 11.7. The summed E-state index contributed by atoms with van der Waals surface area (Å²) in [5.41, 5.74) is 2.92. The highest BCUT2D eigenvalue weighted by Crippen LogP contribution is 2.38. The fourth-order valence-electron chi connectivity index (χ4n) is 4.87. The Kier molecular flexibility index (Phi) is 6.02. The van der Waals surface area contributed by atoms with Gasteiger partial charge in [0.1, 0.15) is 0 Å². The average molecular weight is 448 g/mol. The van der Waals surface area contributed by atoms with E-state index < -0.39 is 10.0 Å². The number of hydrogen-bond donors (Lipinski definition) is 2. The highest BCUT2D eigenvalue weighted by molar-refractivity contribution is 7.89. The van der Waals surface area contributed by atoms with Crippen LogP contribution in [0.3, 0.4) is 0 Å². The first-order valence-electron chi connectivity index (χ1n) is 11.1. The number of aromatic amines is 1. The lowest BCUT2D eigenvalue weighted by molar-refractivity contribution is 0.0190. The van der Waals surface area contributed by atoms with E-state index in [9.17, 15) is 13.2 Å². The first-order valence-corrected chi connectivity index (χ1v) is 12.6. The molecular weight excluding hydrogens is 414 g/mol. The number of H-pyrrole nitrogens is 1. The molecule has 2 aromatic rings. The van der Waals surface area contributed by atoms with Crippen LogP contribution in [0.25, 0.3) is 10.9 Å². The topological polar surface area (TPSA) is 91.5 Å². The van der Waals surface area contributed by atoms with E-state index in [2.05, 4.69) is 35.4 Å². The lowest BCUT2D eigenvalue weighted by Crippen LogP contribution is -2.43. The van der Waals surface area contributed by atoms with Gasteiger partial charge in [-0.3, -0.25) is 9.69 Å². The van der Waals surface area contributed by atoms with Crippen LogP contribution in [0.2, 0.25) is 0 Å². The number of sulfonamides is 1. The number of rotatable bonds is 6. The van der Waals surface area contributed by atoms with E-state index in [1.807, 2.05) is 6.07 Å². The zero-order chi connectivity index (χ0) is 22.4. The number of nitrogens with one attached hydrogen (secondary N) is 2. The Balaban J connectivity index is 1.53. The minimum atomic E-state index is -3.64. The number of aromatic nitrogens is 1. The molecule has 2 heterocycles. The molecule has 0 saturated carbocycles. The molecule has 170 valence electrons. The summed E-state index contributed by atoms with van der Waals surface area (Å²) in [5, 5.41) is 0.827. The third-order valence-corrected chi connectivity index (χ3v) is 8.16. The number of aryl methyl sites for hydroxylation is 1. The van der Waals surface area contributed by atoms with Gasteiger partial charge in [-0.2, -0.15) is 0 Å². The Morgan fingerprint density at radius 1 is 1.23 bits per heavy atom. The van der Waals surface area contributed by atoms with Crippen molar-refractivity contribution in [2.45, 2.75) is 57.9 Å². The first kappa shape index (κ1) is 22.5. The van der Waals surface area contributed by atoms with Gasteiger partial charge in [-0.25, -0.2) is 13.1 Å². The molecule has 0 amide bonds. The molecule has 1 aliphatic heterocycles. The predicted octanol–water partition coefficient (Wildman–Crippen LogP) is 3.02. The summed E-state index contributed by atoms with van der Waals surface area (Å²) < 4.78 is 34.2. The minimum absolute atomic E-state index is 0.0896. The Hall–Kier alpha value is -1.74. The number of carbonyl (C=O) groups is 1. The summed E-state index contributed by atoms with van der Waals surface area (Å²) in [6.07, 6.45) is 2.03. The summed E-state index contributed by atoms with van der Waals surface area (Å²) in [7, 11) is -3.64.